The topological polar surface area (TPSA) is 58.6 Å². The molecule has 4 nitrogen and oxygen atoms in total. The van der Waals surface area contributed by atoms with Gasteiger partial charge in [0.1, 0.15) is 11.5 Å². The first-order chi connectivity index (χ1) is 10.2. The maximum absolute atomic E-state index is 11.9. The van der Waals surface area contributed by atoms with Crippen molar-refractivity contribution in [2.24, 2.45) is 0 Å². The fourth-order valence-electron chi connectivity index (χ4n) is 2.00. The Hall–Kier alpha value is -2.49. The van der Waals surface area contributed by atoms with Crippen molar-refractivity contribution in [2.75, 3.05) is 13.7 Å². The third kappa shape index (κ3) is 4.53. The van der Waals surface area contributed by atoms with Crippen LogP contribution in [0.5, 0.6) is 11.5 Å². The van der Waals surface area contributed by atoms with E-state index in [1.165, 1.54) is 0 Å². The highest BCUT2D eigenvalue weighted by Gasteiger charge is 2.04. The number of phenols is 1. The summed E-state index contributed by atoms with van der Waals surface area (Å²) < 4.78 is 5.06. The van der Waals surface area contributed by atoms with Gasteiger partial charge in [-0.25, -0.2) is 0 Å². The zero-order chi connectivity index (χ0) is 15.1. The number of aryl methyl sites for hydroxylation is 1. The summed E-state index contributed by atoms with van der Waals surface area (Å²) >= 11 is 0. The molecule has 0 saturated heterocycles. The number of ether oxygens (including phenoxy) is 1. The number of aromatic hydroxyl groups is 1. The Morgan fingerprint density at radius 1 is 1.10 bits per heavy atom. The predicted octanol–water partition coefficient (Wildman–Crippen LogP) is 2.76. The van der Waals surface area contributed by atoms with Crippen molar-refractivity contribution < 1.29 is 14.6 Å². The molecule has 2 rings (SSSR count). The van der Waals surface area contributed by atoms with Crippen molar-refractivity contribution in [1.29, 1.82) is 0 Å². The highest BCUT2D eigenvalue weighted by atomic mass is 16.5. The normalized spacial score (nSPS) is 10.1. The number of amides is 1. The van der Waals surface area contributed by atoms with Crippen LogP contribution in [-0.2, 0) is 6.42 Å². The smallest absolute Gasteiger partial charge is 0.251 e. The highest BCUT2D eigenvalue weighted by molar-refractivity contribution is 5.94. The minimum Gasteiger partial charge on any atom is -0.508 e. The van der Waals surface area contributed by atoms with Crippen molar-refractivity contribution in [2.45, 2.75) is 12.8 Å². The van der Waals surface area contributed by atoms with Gasteiger partial charge in [-0.1, -0.05) is 12.1 Å². The minimum atomic E-state index is -0.0802. The molecule has 0 fully saturated rings. The van der Waals surface area contributed by atoms with Gasteiger partial charge in [-0.05, 0) is 54.8 Å². The molecule has 0 radical (unpaired) electrons. The van der Waals surface area contributed by atoms with Crippen LogP contribution in [0.15, 0.2) is 48.5 Å². The van der Waals surface area contributed by atoms with E-state index in [4.69, 9.17) is 4.74 Å². The summed E-state index contributed by atoms with van der Waals surface area (Å²) in [5.74, 6) is 0.925. The number of hydrogen-bond acceptors (Lipinski definition) is 3. The quantitative estimate of drug-likeness (QED) is 0.802. The van der Waals surface area contributed by atoms with E-state index < -0.39 is 0 Å². The molecule has 0 atom stereocenters. The third-order valence-electron chi connectivity index (χ3n) is 3.22. The van der Waals surface area contributed by atoms with Crippen LogP contribution in [0.2, 0.25) is 0 Å². The van der Waals surface area contributed by atoms with Crippen LogP contribution in [0.4, 0.5) is 0 Å². The maximum atomic E-state index is 11.9. The second kappa shape index (κ2) is 7.33. The van der Waals surface area contributed by atoms with Gasteiger partial charge in [-0.15, -0.1) is 0 Å². The van der Waals surface area contributed by atoms with Gasteiger partial charge in [0.15, 0.2) is 0 Å². The van der Waals surface area contributed by atoms with Crippen molar-refractivity contribution in [1.82, 2.24) is 5.32 Å². The van der Waals surface area contributed by atoms with Gasteiger partial charge in [0.2, 0.25) is 0 Å². The second-order valence-corrected chi connectivity index (χ2v) is 4.75. The first kappa shape index (κ1) is 14.9. The Labute approximate surface area is 124 Å². The van der Waals surface area contributed by atoms with E-state index in [0.29, 0.717) is 12.1 Å². The second-order valence-electron chi connectivity index (χ2n) is 4.75. The van der Waals surface area contributed by atoms with E-state index in [0.717, 1.165) is 24.2 Å². The molecule has 0 unspecified atom stereocenters. The van der Waals surface area contributed by atoms with Crippen molar-refractivity contribution in [3.8, 4) is 11.5 Å². The third-order valence-corrected chi connectivity index (χ3v) is 3.22. The van der Waals surface area contributed by atoms with Gasteiger partial charge >= 0.3 is 0 Å². The van der Waals surface area contributed by atoms with Gasteiger partial charge in [0, 0.05) is 12.1 Å². The first-order valence-corrected chi connectivity index (χ1v) is 6.89. The number of methoxy groups -OCH3 is 1. The summed E-state index contributed by atoms with van der Waals surface area (Å²) in [5.41, 5.74) is 1.77. The lowest BCUT2D eigenvalue weighted by molar-refractivity contribution is 0.0953. The van der Waals surface area contributed by atoms with Crippen LogP contribution in [0.25, 0.3) is 0 Å². The minimum absolute atomic E-state index is 0.0802. The molecule has 0 spiro atoms. The van der Waals surface area contributed by atoms with Crippen LogP contribution in [0, 0.1) is 0 Å². The van der Waals surface area contributed by atoms with Crippen LogP contribution < -0.4 is 10.1 Å². The average molecular weight is 285 g/mol. The SMILES string of the molecule is COc1ccc(C(=O)NCCCc2ccc(O)cc2)cc1. The Bertz CT molecular complexity index is 576. The number of rotatable bonds is 6. The Kier molecular flexibility index (Phi) is 5.21. The maximum Gasteiger partial charge on any atom is 0.251 e. The fourth-order valence-corrected chi connectivity index (χ4v) is 2.00. The molecular weight excluding hydrogens is 266 g/mol. The monoisotopic (exact) mass is 285 g/mol. The molecule has 1 amide bonds. The van der Waals surface area contributed by atoms with Crippen LogP contribution in [-0.4, -0.2) is 24.7 Å². The first-order valence-electron chi connectivity index (χ1n) is 6.89. The summed E-state index contributed by atoms with van der Waals surface area (Å²) in [6.45, 7) is 0.617. The molecule has 2 aromatic rings. The molecule has 110 valence electrons. The average Bonchev–Trinajstić information content (AvgIpc) is 2.53. The van der Waals surface area contributed by atoms with E-state index in [9.17, 15) is 9.90 Å². The van der Waals surface area contributed by atoms with Crippen molar-refractivity contribution >= 4 is 5.91 Å². The summed E-state index contributed by atoms with van der Waals surface area (Å²) in [5, 5.41) is 12.1. The van der Waals surface area contributed by atoms with E-state index in [-0.39, 0.29) is 11.7 Å². The fraction of sp³-hybridized carbons (Fsp3) is 0.235. The Balaban J connectivity index is 1.74. The molecule has 4 heteroatoms. The number of carbonyl (C=O) groups is 1. The molecule has 0 aromatic heterocycles. The number of benzene rings is 2. The molecule has 0 aliphatic rings. The molecule has 0 aliphatic heterocycles. The molecule has 21 heavy (non-hydrogen) atoms. The largest absolute Gasteiger partial charge is 0.508 e. The summed E-state index contributed by atoms with van der Waals surface area (Å²) in [6.07, 6.45) is 1.72. The lowest BCUT2D eigenvalue weighted by atomic mass is 10.1. The van der Waals surface area contributed by atoms with Crippen LogP contribution in [0.1, 0.15) is 22.3 Å². The van der Waals surface area contributed by atoms with Crippen molar-refractivity contribution in [3.63, 3.8) is 0 Å². The van der Waals surface area contributed by atoms with Gasteiger partial charge in [-0.3, -0.25) is 4.79 Å². The van der Waals surface area contributed by atoms with E-state index in [2.05, 4.69) is 5.32 Å². The summed E-state index contributed by atoms with van der Waals surface area (Å²) in [7, 11) is 1.60. The number of nitrogens with one attached hydrogen (secondary N) is 1. The lowest BCUT2D eigenvalue weighted by Crippen LogP contribution is -2.24. The molecule has 0 heterocycles. The highest BCUT2D eigenvalue weighted by Crippen LogP contribution is 2.12. The van der Waals surface area contributed by atoms with Crippen LogP contribution in [0.3, 0.4) is 0 Å². The lowest BCUT2D eigenvalue weighted by Gasteiger charge is -2.06. The summed E-state index contributed by atoms with van der Waals surface area (Å²) in [6, 6.07) is 14.1. The van der Waals surface area contributed by atoms with Gasteiger partial charge in [-0.2, -0.15) is 0 Å². The number of hydrogen-bond donors (Lipinski definition) is 2. The van der Waals surface area contributed by atoms with Gasteiger partial charge in [0.25, 0.3) is 5.91 Å². The van der Waals surface area contributed by atoms with E-state index in [1.807, 2.05) is 12.1 Å². The van der Waals surface area contributed by atoms with E-state index in [1.54, 1.807) is 43.5 Å². The number of phenolic OH excluding ortho intramolecular Hbond substituents is 1. The Morgan fingerprint density at radius 2 is 1.76 bits per heavy atom. The van der Waals surface area contributed by atoms with Gasteiger partial charge < -0.3 is 15.2 Å². The molecule has 2 aromatic carbocycles. The van der Waals surface area contributed by atoms with Gasteiger partial charge in [0.05, 0.1) is 7.11 Å². The zero-order valence-electron chi connectivity index (χ0n) is 12.0. The van der Waals surface area contributed by atoms with Crippen molar-refractivity contribution in [3.05, 3.63) is 59.7 Å². The molecule has 0 bridgehead atoms. The number of carbonyl (C=O) groups excluding carboxylic acids is 1. The predicted molar refractivity (Wildman–Crippen MR) is 81.8 cm³/mol. The molecular formula is C17H19NO3. The summed E-state index contributed by atoms with van der Waals surface area (Å²) in [4.78, 5) is 11.9. The standard InChI is InChI=1S/C17H19NO3/c1-21-16-10-6-14(7-11-16)17(20)18-12-2-3-13-4-8-15(19)9-5-13/h4-11,19H,2-3,12H2,1H3,(H,18,20). The zero-order valence-corrected chi connectivity index (χ0v) is 12.0. The Morgan fingerprint density at radius 3 is 2.38 bits per heavy atom. The van der Waals surface area contributed by atoms with Crippen LogP contribution >= 0.6 is 0 Å². The molecule has 2 N–H and O–H groups in total. The van der Waals surface area contributed by atoms with E-state index >= 15 is 0 Å². The molecule has 0 aliphatic carbocycles. The molecule has 0 saturated carbocycles.